The molecule has 3 nitrogen and oxygen atoms in total. The number of sulfonamides is 1. The molecule has 21 heavy (non-hydrogen) atoms. The molecule has 2 rings (SSSR count). The van der Waals surface area contributed by atoms with Gasteiger partial charge >= 0.3 is 0 Å². The molecular weight excluding hydrogens is 397 g/mol. The number of nitrogens with zero attached hydrogens (tertiary/aromatic N) is 1. The van der Waals surface area contributed by atoms with Crippen molar-refractivity contribution in [3.05, 3.63) is 26.7 Å². The van der Waals surface area contributed by atoms with Crippen LogP contribution in [0.3, 0.4) is 0 Å². The number of rotatable bonds is 4. The predicted molar refractivity (Wildman–Crippen MR) is 90.6 cm³/mol. The molecule has 0 spiro atoms. The number of hydrogen-bond acceptors (Lipinski definition) is 2. The Labute approximate surface area is 144 Å². The topological polar surface area (TPSA) is 37.4 Å². The van der Waals surface area contributed by atoms with E-state index in [0.29, 0.717) is 23.5 Å². The molecule has 1 heterocycles. The summed E-state index contributed by atoms with van der Waals surface area (Å²) in [6.45, 7) is 3.23. The maximum Gasteiger partial charge on any atom is 0.246 e. The first-order valence-electron chi connectivity index (χ1n) is 7.01. The number of piperidine rings is 1. The van der Waals surface area contributed by atoms with Gasteiger partial charge in [-0.3, -0.25) is 0 Å². The van der Waals surface area contributed by atoms with E-state index >= 15 is 0 Å². The van der Waals surface area contributed by atoms with Crippen molar-refractivity contribution in [1.82, 2.24) is 4.31 Å². The zero-order chi connectivity index (χ0) is 15.6. The highest BCUT2D eigenvalue weighted by Gasteiger charge is 2.32. The Morgan fingerprint density at radius 1 is 1.24 bits per heavy atom. The van der Waals surface area contributed by atoms with E-state index in [1.54, 1.807) is 12.1 Å². The Hall–Kier alpha value is 0.190. The molecule has 7 heteroatoms. The summed E-state index contributed by atoms with van der Waals surface area (Å²) in [6.07, 6.45) is 4.10. The highest BCUT2D eigenvalue weighted by molar-refractivity contribution is 9.10. The molecule has 0 atom stereocenters. The second-order valence-electron chi connectivity index (χ2n) is 5.33. The lowest BCUT2D eigenvalue weighted by atomic mass is 9.94. The third-order valence-corrected chi connectivity index (χ3v) is 7.11. The van der Waals surface area contributed by atoms with Crippen LogP contribution in [0.1, 0.15) is 32.6 Å². The van der Waals surface area contributed by atoms with E-state index in [1.165, 1.54) is 4.31 Å². The molecule has 0 aromatic heterocycles. The van der Waals surface area contributed by atoms with Crippen LogP contribution in [0.15, 0.2) is 21.5 Å². The van der Waals surface area contributed by atoms with Gasteiger partial charge in [0.05, 0.1) is 10.0 Å². The van der Waals surface area contributed by atoms with Gasteiger partial charge in [0, 0.05) is 17.6 Å². The van der Waals surface area contributed by atoms with Crippen LogP contribution in [-0.4, -0.2) is 25.8 Å². The van der Waals surface area contributed by atoms with Crippen LogP contribution < -0.4 is 0 Å². The van der Waals surface area contributed by atoms with Gasteiger partial charge in [0.1, 0.15) is 4.90 Å². The van der Waals surface area contributed by atoms with Crippen LogP contribution >= 0.6 is 39.1 Å². The average Bonchev–Trinajstić information content (AvgIpc) is 2.38. The minimum Gasteiger partial charge on any atom is -0.207 e. The van der Waals surface area contributed by atoms with E-state index < -0.39 is 10.0 Å². The van der Waals surface area contributed by atoms with Crippen molar-refractivity contribution in [2.24, 2.45) is 5.92 Å². The highest BCUT2D eigenvalue weighted by atomic mass is 79.9. The quantitative estimate of drug-likeness (QED) is 0.698. The molecule has 0 aliphatic carbocycles. The van der Waals surface area contributed by atoms with Crippen LogP contribution in [0.5, 0.6) is 0 Å². The lowest BCUT2D eigenvalue weighted by molar-refractivity contribution is 0.262. The summed E-state index contributed by atoms with van der Waals surface area (Å²) in [4.78, 5) is 0.0166. The summed E-state index contributed by atoms with van der Waals surface area (Å²) in [6, 6.07) is 3.12. The molecule has 1 fully saturated rings. The van der Waals surface area contributed by atoms with Gasteiger partial charge in [0.2, 0.25) is 10.0 Å². The fraction of sp³-hybridized carbons (Fsp3) is 0.571. The largest absolute Gasteiger partial charge is 0.246 e. The molecule has 0 saturated carbocycles. The predicted octanol–water partition coefficient (Wildman–Crippen LogP) is 4.96. The fourth-order valence-electron chi connectivity index (χ4n) is 2.75. The Bertz CT molecular complexity index is 590. The first kappa shape index (κ1) is 17.5. The molecule has 0 unspecified atom stereocenters. The van der Waals surface area contributed by atoms with Crippen molar-refractivity contribution in [3.8, 4) is 0 Å². The summed E-state index contributed by atoms with van der Waals surface area (Å²) in [5.41, 5.74) is 0. The van der Waals surface area contributed by atoms with E-state index in [9.17, 15) is 8.42 Å². The van der Waals surface area contributed by atoms with Crippen molar-refractivity contribution in [1.29, 1.82) is 0 Å². The third-order valence-electron chi connectivity index (χ3n) is 3.83. The first-order valence-corrected chi connectivity index (χ1v) is 9.99. The van der Waals surface area contributed by atoms with E-state index in [0.717, 1.165) is 25.7 Å². The monoisotopic (exact) mass is 413 g/mol. The van der Waals surface area contributed by atoms with Gasteiger partial charge in [-0.05, 0) is 30.9 Å². The average molecular weight is 415 g/mol. The van der Waals surface area contributed by atoms with Crippen molar-refractivity contribution >= 4 is 49.2 Å². The van der Waals surface area contributed by atoms with Gasteiger partial charge in [-0.2, -0.15) is 4.31 Å². The third kappa shape index (κ3) is 3.94. The second kappa shape index (κ2) is 7.18. The van der Waals surface area contributed by atoms with E-state index in [4.69, 9.17) is 23.2 Å². The SMILES string of the molecule is CCCC1CCN(S(=O)(=O)c2c(Cl)cc(Br)cc2Cl)CC1. The van der Waals surface area contributed by atoms with Crippen molar-refractivity contribution in [3.63, 3.8) is 0 Å². The van der Waals surface area contributed by atoms with Crippen LogP contribution in [0.2, 0.25) is 10.0 Å². The van der Waals surface area contributed by atoms with E-state index in [2.05, 4.69) is 22.9 Å². The lowest BCUT2D eigenvalue weighted by Crippen LogP contribution is -2.38. The first-order chi connectivity index (χ1) is 9.86. The minimum absolute atomic E-state index is 0.0166. The maximum atomic E-state index is 12.7. The normalized spacial score (nSPS) is 18.1. The molecule has 1 aromatic carbocycles. The Morgan fingerprint density at radius 2 is 1.76 bits per heavy atom. The molecule has 0 radical (unpaired) electrons. The Morgan fingerprint density at radius 3 is 2.24 bits per heavy atom. The molecule has 0 bridgehead atoms. The molecule has 118 valence electrons. The van der Waals surface area contributed by atoms with Crippen LogP contribution in [0, 0.1) is 5.92 Å². The van der Waals surface area contributed by atoms with Crippen molar-refractivity contribution in [2.75, 3.05) is 13.1 Å². The molecule has 1 saturated heterocycles. The fourth-order valence-corrected chi connectivity index (χ4v) is 6.10. The maximum absolute atomic E-state index is 12.7. The summed E-state index contributed by atoms with van der Waals surface area (Å²) in [5, 5.41) is 0.315. The zero-order valence-corrected chi connectivity index (χ0v) is 15.7. The Kier molecular flexibility index (Phi) is 5.99. The van der Waals surface area contributed by atoms with Crippen LogP contribution in [0.4, 0.5) is 0 Å². The van der Waals surface area contributed by atoms with Gasteiger partial charge in [-0.25, -0.2) is 8.42 Å². The van der Waals surface area contributed by atoms with Crippen LogP contribution in [-0.2, 0) is 10.0 Å². The second-order valence-corrected chi connectivity index (χ2v) is 8.94. The van der Waals surface area contributed by atoms with E-state index in [-0.39, 0.29) is 14.9 Å². The molecule has 0 N–H and O–H groups in total. The summed E-state index contributed by atoms with van der Waals surface area (Å²) >= 11 is 15.5. The van der Waals surface area contributed by atoms with Gasteiger partial charge in [0.15, 0.2) is 0 Å². The standard InChI is InChI=1S/C14H18BrCl2NO2S/c1-2-3-10-4-6-18(7-5-10)21(19,20)14-12(16)8-11(15)9-13(14)17/h8-10H,2-7H2,1H3. The number of halogens is 3. The molecular formula is C14H18BrCl2NO2S. The van der Waals surface area contributed by atoms with Gasteiger partial charge in [-0.1, -0.05) is 58.9 Å². The molecule has 1 aromatic rings. The Balaban J connectivity index is 2.24. The van der Waals surface area contributed by atoms with Crippen molar-refractivity contribution < 1.29 is 8.42 Å². The number of benzene rings is 1. The van der Waals surface area contributed by atoms with Gasteiger partial charge in [0.25, 0.3) is 0 Å². The van der Waals surface area contributed by atoms with Gasteiger partial charge in [-0.15, -0.1) is 0 Å². The molecule has 1 aliphatic heterocycles. The molecule has 1 aliphatic rings. The summed E-state index contributed by atoms with van der Waals surface area (Å²) in [7, 11) is -3.63. The van der Waals surface area contributed by atoms with E-state index in [1.807, 2.05) is 0 Å². The molecule has 0 amide bonds. The minimum atomic E-state index is -3.63. The highest BCUT2D eigenvalue weighted by Crippen LogP contribution is 2.36. The summed E-state index contributed by atoms with van der Waals surface area (Å²) < 4.78 is 27.7. The summed E-state index contributed by atoms with van der Waals surface area (Å²) in [5.74, 6) is 0.623. The number of hydrogen-bond donors (Lipinski definition) is 0. The smallest absolute Gasteiger partial charge is 0.207 e. The van der Waals surface area contributed by atoms with Crippen LogP contribution in [0.25, 0.3) is 0 Å². The lowest BCUT2D eigenvalue weighted by Gasteiger charge is -2.31. The zero-order valence-electron chi connectivity index (χ0n) is 11.8. The van der Waals surface area contributed by atoms with Crippen molar-refractivity contribution in [2.45, 2.75) is 37.5 Å². The van der Waals surface area contributed by atoms with Gasteiger partial charge < -0.3 is 0 Å².